The molecule has 0 bridgehead atoms. The van der Waals surface area contributed by atoms with Crippen molar-refractivity contribution in [3.8, 4) is 0 Å². The standard InChI is InChI=1S/C21H40O4/c1-6-10-11-16(5)12-17(7-2)14-21(9-4)15-18(8-3)19(24-25-21)13-20(22)23/h16-19H,6-15H2,1-5H3,(H,22,23)/t16?,17?,18-,19-,21-/m0/s1. The molecule has 1 rings (SSSR count). The Morgan fingerprint density at radius 2 is 2.00 bits per heavy atom. The summed E-state index contributed by atoms with van der Waals surface area (Å²) >= 11 is 0. The number of aliphatic carboxylic acids is 1. The van der Waals surface area contributed by atoms with Crippen LogP contribution in [0.4, 0.5) is 0 Å². The number of rotatable bonds is 12. The summed E-state index contributed by atoms with van der Waals surface area (Å²) in [6, 6.07) is 0. The lowest BCUT2D eigenvalue weighted by molar-refractivity contribution is -0.424. The second kappa shape index (κ2) is 11.2. The minimum atomic E-state index is -0.813. The van der Waals surface area contributed by atoms with Crippen LogP contribution in [-0.2, 0) is 14.6 Å². The molecule has 0 aromatic carbocycles. The highest BCUT2D eigenvalue weighted by atomic mass is 17.2. The third-order valence-electron chi connectivity index (χ3n) is 6.08. The van der Waals surface area contributed by atoms with E-state index in [0.29, 0.717) is 5.92 Å². The van der Waals surface area contributed by atoms with Gasteiger partial charge in [0.2, 0.25) is 0 Å². The van der Waals surface area contributed by atoms with Crippen LogP contribution >= 0.6 is 0 Å². The second-order valence-electron chi connectivity index (χ2n) is 8.19. The van der Waals surface area contributed by atoms with Crippen molar-refractivity contribution in [2.24, 2.45) is 17.8 Å². The van der Waals surface area contributed by atoms with Gasteiger partial charge in [0.05, 0.1) is 6.42 Å². The number of carbonyl (C=O) groups is 1. The molecule has 148 valence electrons. The van der Waals surface area contributed by atoms with E-state index in [-0.39, 0.29) is 24.0 Å². The summed E-state index contributed by atoms with van der Waals surface area (Å²) in [7, 11) is 0. The first-order chi connectivity index (χ1) is 11.9. The third kappa shape index (κ3) is 7.26. The molecule has 4 nitrogen and oxygen atoms in total. The van der Waals surface area contributed by atoms with Gasteiger partial charge in [0.25, 0.3) is 0 Å². The molecule has 25 heavy (non-hydrogen) atoms. The predicted molar refractivity (Wildman–Crippen MR) is 101 cm³/mol. The minimum absolute atomic E-state index is 0.0313. The summed E-state index contributed by atoms with van der Waals surface area (Å²) in [6.45, 7) is 11.2. The monoisotopic (exact) mass is 356 g/mol. The van der Waals surface area contributed by atoms with Gasteiger partial charge in [0.15, 0.2) is 0 Å². The van der Waals surface area contributed by atoms with Gasteiger partial charge in [-0.1, -0.05) is 66.7 Å². The molecule has 0 aromatic rings. The lowest BCUT2D eigenvalue weighted by atomic mass is 9.75. The molecule has 2 unspecified atom stereocenters. The molecule has 1 aliphatic rings. The van der Waals surface area contributed by atoms with E-state index in [1.54, 1.807) is 0 Å². The van der Waals surface area contributed by atoms with Gasteiger partial charge in [-0.3, -0.25) is 4.79 Å². The molecular formula is C21H40O4. The van der Waals surface area contributed by atoms with Crippen molar-refractivity contribution >= 4 is 5.97 Å². The fourth-order valence-corrected chi connectivity index (χ4v) is 4.29. The maximum absolute atomic E-state index is 11.1. The van der Waals surface area contributed by atoms with Gasteiger partial charge in [-0.15, -0.1) is 0 Å². The van der Waals surface area contributed by atoms with Crippen molar-refractivity contribution in [1.29, 1.82) is 0 Å². The summed E-state index contributed by atoms with van der Waals surface area (Å²) in [5.41, 5.74) is -0.249. The number of carboxylic acids is 1. The van der Waals surface area contributed by atoms with Crippen LogP contribution in [0.5, 0.6) is 0 Å². The topological polar surface area (TPSA) is 55.8 Å². The van der Waals surface area contributed by atoms with Crippen molar-refractivity contribution in [3.05, 3.63) is 0 Å². The summed E-state index contributed by atoms with van der Waals surface area (Å²) in [5, 5.41) is 9.08. The van der Waals surface area contributed by atoms with E-state index < -0.39 is 5.97 Å². The van der Waals surface area contributed by atoms with Crippen molar-refractivity contribution in [3.63, 3.8) is 0 Å². The highest BCUT2D eigenvalue weighted by Gasteiger charge is 2.43. The predicted octanol–water partition coefficient (Wildman–Crippen LogP) is 5.99. The number of unbranched alkanes of at least 4 members (excludes halogenated alkanes) is 1. The molecule has 0 aromatic heterocycles. The Kier molecular flexibility index (Phi) is 10.0. The maximum atomic E-state index is 11.1. The number of carboxylic acid groups (broad SMARTS) is 1. The van der Waals surface area contributed by atoms with Gasteiger partial charge in [0, 0.05) is 0 Å². The van der Waals surface area contributed by atoms with Gasteiger partial charge in [-0.25, -0.2) is 9.78 Å². The zero-order chi connectivity index (χ0) is 18.9. The largest absolute Gasteiger partial charge is 0.481 e. The van der Waals surface area contributed by atoms with E-state index in [9.17, 15) is 4.79 Å². The van der Waals surface area contributed by atoms with Crippen LogP contribution in [-0.4, -0.2) is 22.8 Å². The van der Waals surface area contributed by atoms with Crippen LogP contribution in [0, 0.1) is 17.8 Å². The fraction of sp³-hybridized carbons (Fsp3) is 0.952. The molecule has 1 heterocycles. The van der Waals surface area contributed by atoms with Gasteiger partial charge >= 0.3 is 5.97 Å². The Hall–Kier alpha value is -0.610. The normalized spacial score (nSPS) is 29.3. The van der Waals surface area contributed by atoms with Crippen molar-refractivity contribution < 1.29 is 19.7 Å². The Labute approximate surface area is 154 Å². The van der Waals surface area contributed by atoms with Crippen LogP contribution in [0.2, 0.25) is 0 Å². The summed E-state index contributed by atoms with van der Waals surface area (Å²) in [5.74, 6) is 0.848. The summed E-state index contributed by atoms with van der Waals surface area (Å²) in [4.78, 5) is 22.6. The molecule has 0 amide bonds. The van der Waals surface area contributed by atoms with Crippen LogP contribution in [0.25, 0.3) is 0 Å². The maximum Gasteiger partial charge on any atom is 0.306 e. The Morgan fingerprint density at radius 1 is 1.28 bits per heavy atom. The molecule has 1 aliphatic heterocycles. The molecule has 1 N–H and O–H groups in total. The average Bonchev–Trinajstić information content (AvgIpc) is 2.60. The van der Waals surface area contributed by atoms with Crippen molar-refractivity contribution in [2.75, 3.05) is 0 Å². The zero-order valence-corrected chi connectivity index (χ0v) is 17.1. The molecule has 1 fully saturated rings. The zero-order valence-electron chi connectivity index (χ0n) is 17.1. The third-order valence-corrected chi connectivity index (χ3v) is 6.08. The van der Waals surface area contributed by atoms with E-state index in [2.05, 4.69) is 34.6 Å². The SMILES string of the molecule is CCCCC(C)CC(CC)C[C@@]1(CC)C[C@H](CC)[C@H](CC(=O)O)OO1. The van der Waals surface area contributed by atoms with Gasteiger partial charge in [-0.05, 0) is 43.4 Å². The van der Waals surface area contributed by atoms with E-state index in [1.807, 2.05) is 0 Å². The van der Waals surface area contributed by atoms with Crippen molar-refractivity contribution in [1.82, 2.24) is 0 Å². The lowest BCUT2D eigenvalue weighted by Crippen LogP contribution is -2.46. The van der Waals surface area contributed by atoms with Gasteiger partial charge in [-0.2, -0.15) is 0 Å². The summed E-state index contributed by atoms with van der Waals surface area (Å²) in [6.07, 6.45) is 9.80. The number of hydrogen-bond acceptors (Lipinski definition) is 3. The highest BCUT2D eigenvalue weighted by molar-refractivity contribution is 5.67. The van der Waals surface area contributed by atoms with Crippen LogP contribution in [0.1, 0.15) is 98.8 Å². The Morgan fingerprint density at radius 3 is 2.52 bits per heavy atom. The van der Waals surface area contributed by atoms with E-state index >= 15 is 0 Å². The molecule has 5 atom stereocenters. The van der Waals surface area contributed by atoms with Crippen LogP contribution in [0.15, 0.2) is 0 Å². The molecule has 0 radical (unpaired) electrons. The molecule has 0 spiro atoms. The average molecular weight is 357 g/mol. The molecule has 4 heteroatoms. The highest BCUT2D eigenvalue weighted by Crippen LogP contribution is 2.42. The Balaban J connectivity index is 2.69. The van der Waals surface area contributed by atoms with E-state index in [4.69, 9.17) is 14.9 Å². The second-order valence-corrected chi connectivity index (χ2v) is 8.19. The first-order valence-corrected chi connectivity index (χ1v) is 10.5. The first kappa shape index (κ1) is 22.4. The van der Waals surface area contributed by atoms with Crippen LogP contribution in [0.3, 0.4) is 0 Å². The molecule has 0 aliphatic carbocycles. The molecule has 0 saturated carbocycles. The molecular weight excluding hydrogens is 316 g/mol. The summed E-state index contributed by atoms with van der Waals surface area (Å²) < 4.78 is 0. The fourth-order valence-electron chi connectivity index (χ4n) is 4.29. The minimum Gasteiger partial charge on any atom is -0.481 e. The quantitative estimate of drug-likeness (QED) is 0.436. The van der Waals surface area contributed by atoms with Gasteiger partial charge < -0.3 is 5.11 Å². The van der Waals surface area contributed by atoms with E-state index in [0.717, 1.165) is 38.0 Å². The number of hydrogen-bond donors (Lipinski definition) is 1. The van der Waals surface area contributed by atoms with Gasteiger partial charge in [0.1, 0.15) is 11.7 Å². The van der Waals surface area contributed by atoms with Crippen LogP contribution < -0.4 is 0 Å². The lowest BCUT2D eigenvalue weighted by Gasteiger charge is -2.44. The Bertz CT molecular complexity index is 384. The van der Waals surface area contributed by atoms with E-state index in [1.165, 1.54) is 25.7 Å². The molecule has 1 saturated heterocycles. The van der Waals surface area contributed by atoms with Crippen molar-refractivity contribution in [2.45, 2.75) is 111 Å². The first-order valence-electron chi connectivity index (χ1n) is 10.5. The smallest absolute Gasteiger partial charge is 0.306 e.